The number of hydrogen-bond donors (Lipinski definition) is 1. The van der Waals surface area contributed by atoms with Gasteiger partial charge in [-0.25, -0.2) is 0 Å². The molecule has 3 aromatic rings. The minimum absolute atomic E-state index is 0.0894. The molecule has 1 atom stereocenters. The lowest BCUT2D eigenvalue weighted by Gasteiger charge is -2.26. The maximum atomic E-state index is 13.2. The summed E-state index contributed by atoms with van der Waals surface area (Å²) in [6.07, 6.45) is 0.201. The summed E-state index contributed by atoms with van der Waals surface area (Å²) >= 11 is 0. The van der Waals surface area contributed by atoms with Crippen molar-refractivity contribution in [1.29, 1.82) is 0 Å². The summed E-state index contributed by atoms with van der Waals surface area (Å²) in [5, 5.41) is 13.4. The molecule has 2 aliphatic heterocycles. The van der Waals surface area contributed by atoms with E-state index in [0.717, 1.165) is 27.6 Å². The van der Waals surface area contributed by atoms with Gasteiger partial charge in [0.2, 0.25) is 0 Å². The fourth-order valence-corrected chi connectivity index (χ4v) is 4.30. The van der Waals surface area contributed by atoms with Gasteiger partial charge in [-0.2, -0.15) is 0 Å². The number of benzene rings is 2. The highest BCUT2D eigenvalue weighted by atomic mass is 16.5. The van der Waals surface area contributed by atoms with Crippen LogP contribution in [-0.2, 0) is 28.3 Å². The van der Waals surface area contributed by atoms with Crippen LogP contribution in [0.15, 0.2) is 47.3 Å². The van der Waals surface area contributed by atoms with Crippen molar-refractivity contribution in [3.8, 4) is 11.3 Å². The summed E-state index contributed by atoms with van der Waals surface area (Å²) in [5.41, 5.74) is 2.22. The maximum Gasteiger partial charge on any atom is 0.309 e. The average Bonchev–Trinajstić information content (AvgIpc) is 2.96. The highest BCUT2D eigenvalue weighted by molar-refractivity contribution is 5.89. The molecule has 0 bridgehead atoms. The molecule has 0 spiro atoms. The number of hydrogen-bond acceptors (Lipinski definition) is 4. The van der Waals surface area contributed by atoms with E-state index in [1.165, 1.54) is 0 Å². The Morgan fingerprint density at radius 1 is 1.15 bits per heavy atom. The third kappa shape index (κ3) is 2.28. The van der Waals surface area contributed by atoms with Crippen LogP contribution in [0, 0.1) is 0 Å². The fraction of sp³-hybridized carbons (Fsp3) is 0.273. The van der Waals surface area contributed by atoms with E-state index >= 15 is 0 Å². The number of rotatable bonds is 1. The molecule has 2 aromatic carbocycles. The second-order valence-corrected chi connectivity index (χ2v) is 7.39. The summed E-state index contributed by atoms with van der Waals surface area (Å²) in [6, 6.07) is 14.2. The Kier molecular flexibility index (Phi) is 3.34. The lowest BCUT2D eigenvalue weighted by molar-refractivity contribution is -0.149. The average molecular weight is 361 g/mol. The Morgan fingerprint density at radius 3 is 2.63 bits per heavy atom. The SMILES string of the molecule is CCC1(O)CC(=O)OCc2c1cc1n(c2=O)Cc2cc3ccccc3cc2-1. The Morgan fingerprint density at radius 2 is 1.89 bits per heavy atom. The molecule has 0 amide bonds. The van der Waals surface area contributed by atoms with E-state index in [4.69, 9.17) is 4.74 Å². The molecule has 2 aliphatic rings. The lowest BCUT2D eigenvalue weighted by Crippen LogP contribution is -2.32. The van der Waals surface area contributed by atoms with E-state index in [9.17, 15) is 14.7 Å². The third-order valence-electron chi connectivity index (χ3n) is 5.88. The molecule has 27 heavy (non-hydrogen) atoms. The van der Waals surface area contributed by atoms with Gasteiger partial charge in [0.15, 0.2) is 0 Å². The standard InChI is InChI=1S/C22H19NO4/c1-2-22(26)10-20(24)27-12-17-18(22)9-19-16-8-14-6-4-3-5-13(14)7-15(16)11-23(19)21(17)25/h3-9,26H,2,10-12H2,1H3. The molecule has 136 valence electrons. The first kappa shape index (κ1) is 16.3. The Balaban J connectivity index is 1.79. The molecule has 0 saturated carbocycles. The highest BCUT2D eigenvalue weighted by Gasteiger charge is 2.39. The second-order valence-electron chi connectivity index (χ2n) is 7.39. The summed E-state index contributed by atoms with van der Waals surface area (Å²) in [6.45, 7) is 2.21. The summed E-state index contributed by atoms with van der Waals surface area (Å²) in [7, 11) is 0. The number of esters is 1. The summed E-state index contributed by atoms with van der Waals surface area (Å²) in [4.78, 5) is 25.1. The third-order valence-corrected chi connectivity index (χ3v) is 5.88. The van der Waals surface area contributed by atoms with Gasteiger partial charge >= 0.3 is 5.97 Å². The molecule has 0 fully saturated rings. The highest BCUT2D eigenvalue weighted by Crippen LogP contribution is 2.39. The second kappa shape index (κ2) is 5.54. The smallest absolute Gasteiger partial charge is 0.309 e. The maximum absolute atomic E-state index is 13.2. The van der Waals surface area contributed by atoms with Gasteiger partial charge < -0.3 is 14.4 Å². The molecule has 5 rings (SSSR count). The first-order valence-corrected chi connectivity index (χ1v) is 9.17. The monoisotopic (exact) mass is 361 g/mol. The summed E-state index contributed by atoms with van der Waals surface area (Å²) in [5.74, 6) is -0.480. The fourth-order valence-electron chi connectivity index (χ4n) is 4.30. The van der Waals surface area contributed by atoms with Gasteiger partial charge in [0.25, 0.3) is 5.56 Å². The molecule has 5 nitrogen and oxygen atoms in total. The quantitative estimate of drug-likeness (QED) is 0.529. The van der Waals surface area contributed by atoms with Crippen molar-refractivity contribution in [2.75, 3.05) is 0 Å². The van der Waals surface area contributed by atoms with Gasteiger partial charge in [0, 0.05) is 5.56 Å². The Hall–Kier alpha value is -2.92. The predicted octanol–water partition coefficient (Wildman–Crippen LogP) is 3.07. The zero-order chi connectivity index (χ0) is 18.8. The minimum atomic E-state index is -1.38. The predicted molar refractivity (Wildman–Crippen MR) is 101 cm³/mol. The van der Waals surface area contributed by atoms with Crippen molar-refractivity contribution >= 4 is 16.7 Å². The van der Waals surface area contributed by atoms with Gasteiger partial charge in [0.05, 0.1) is 24.2 Å². The van der Waals surface area contributed by atoms with Gasteiger partial charge in [-0.05, 0) is 46.5 Å². The summed E-state index contributed by atoms with van der Waals surface area (Å²) < 4.78 is 6.91. The number of ether oxygens (including phenoxy) is 1. The molecule has 1 N–H and O–H groups in total. The van der Waals surface area contributed by atoms with Crippen molar-refractivity contribution < 1.29 is 14.6 Å². The minimum Gasteiger partial charge on any atom is -0.460 e. The van der Waals surface area contributed by atoms with E-state index in [0.29, 0.717) is 24.1 Å². The molecular formula is C22H19NO4. The van der Waals surface area contributed by atoms with Gasteiger partial charge in [-0.1, -0.05) is 31.2 Å². The van der Waals surface area contributed by atoms with Crippen LogP contribution in [0.2, 0.25) is 0 Å². The molecule has 5 heteroatoms. The largest absolute Gasteiger partial charge is 0.460 e. The van der Waals surface area contributed by atoms with Crippen LogP contribution >= 0.6 is 0 Å². The van der Waals surface area contributed by atoms with Gasteiger partial charge in [-0.15, -0.1) is 0 Å². The zero-order valence-corrected chi connectivity index (χ0v) is 15.0. The van der Waals surface area contributed by atoms with E-state index in [1.54, 1.807) is 4.57 Å². The molecule has 0 aliphatic carbocycles. The van der Waals surface area contributed by atoms with Crippen LogP contribution in [0.4, 0.5) is 0 Å². The first-order chi connectivity index (χ1) is 13.0. The number of aliphatic hydroxyl groups is 1. The molecule has 0 radical (unpaired) electrons. The number of pyridine rings is 1. The van der Waals surface area contributed by atoms with E-state index in [2.05, 4.69) is 24.3 Å². The molecule has 0 saturated heterocycles. The van der Waals surface area contributed by atoms with E-state index in [-0.39, 0.29) is 18.6 Å². The number of cyclic esters (lactones) is 1. The number of carbonyl (C=O) groups is 1. The van der Waals surface area contributed by atoms with Crippen LogP contribution in [0.5, 0.6) is 0 Å². The normalized spacial score (nSPS) is 20.6. The Labute approximate surface area is 155 Å². The van der Waals surface area contributed by atoms with Crippen LogP contribution in [0.3, 0.4) is 0 Å². The molecular weight excluding hydrogens is 342 g/mol. The zero-order valence-electron chi connectivity index (χ0n) is 15.0. The molecule has 3 heterocycles. The van der Waals surface area contributed by atoms with Crippen molar-refractivity contribution in [3.05, 3.63) is 69.5 Å². The van der Waals surface area contributed by atoms with E-state index < -0.39 is 11.6 Å². The number of carbonyl (C=O) groups excluding carboxylic acids is 1. The van der Waals surface area contributed by atoms with Crippen LogP contribution in [0.1, 0.15) is 36.5 Å². The van der Waals surface area contributed by atoms with Crippen molar-refractivity contribution in [1.82, 2.24) is 4.57 Å². The lowest BCUT2D eigenvalue weighted by atomic mass is 9.85. The van der Waals surface area contributed by atoms with Gasteiger partial charge in [0.1, 0.15) is 12.2 Å². The van der Waals surface area contributed by atoms with Gasteiger partial charge in [-0.3, -0.25) is 9.59 Å². The topological polar surface area (TPSA) is 68.5 Å². The number of nitrogens with zero attached hydrogens (tertiary/aromatic N) is 1. The number of aromatic nitrogens is 1. The van der Waals surface area contributed by atoms with Crippen molar-refractivity contribution in [2.24, 2.45) is 0 Å². The Bertz CT molecular complexity index is 1180. The van der Waals surface area contributed by atoms with Crippen LogP contribution < -0.4 is 5.56 Å². The van der Waals surface area contributed by atoms with Crippen molar-refractivity contribution in [3.63, 3.8) is 0 Å². The van der Waals surface area contributed by atoms with Crippen molar-refractivity contribution in [2.45, 2.75) is 38.5 Å². The van der Waals surface area contributed by atoms with E-state index in [1.807, 2.05) is 25.1 Å². The van der Waals surface area contributed by atoms with Crippen LogP contribution in [-0.4, -0.2) is 15.6 Å². The first-order valence-electron chi connectivity index (χ1n) is 9.17. The number of fused-ring (bicyclic) bond motifs is 5. The van der Waals surface area contributed by atoms with Crippen LogP contribution in [0.25, 0.3) is 22.0 Å². The molecule has 1 aromatic heterocycles. The molecule has 1 unspecified atom stereocenters.